The number of hydrogen-bond acceptors (Lipinski definition) is 3. The van der Waals surface area contributed by atoms with Gasteiger partial charge in [0.25, 0.3) is 5.91 Å². The highest BCUT2D eigenvalue weighted by Gasteiger charge is 2.21. The number of amides is 2. The number of hydrogen-bond donors (Lipinski definition) is 1. The molecule has 2 amide bonds. The standard InChI is InChI=1S/C12H18N2O3/c1-9-5-6-11(16)14(9)7-10(15)13-8-17-12(2,3)4/h5-6H,1,7-8H2,2-4H3,(H,13,15). The molecule has 0 saturated carbocycles. The van der Waals surface area contributed by atoms with Crippen molar-refractivity contribution in [2.45, 2.75) is 26.4 Å². The van der Waals surface area contributed by atoms with Gasteiger partial charge in [-0.05, 0) is 26.8 Å². The van der Waals surface area contributed by atoms with E-state index in [0.717, 1.165) is 0 Å². The summed E-state index contributed by atoms with van der Waals surface area (Å²) in [5.74, 6) is -0.491. The van der Waals surface area contributed by atoms with Gasteiger partial charge < -0.3 is 15.0 Å². The van der Waals surface area contributed by atoms with Crippen LogP contribution in [0.1, 0.15) is 20.8 Å². The highest BCUT2D eigenvalue weighted by atomic mass is 16.5. The van der Waals surface area contributed by atoms with Crippen molar-refractivity contribution < 1.29 is 14.3 Å². The van der Waals surface area contributed by atoms with Gasteiger partial charge in [0.1, 0.15) is 13.3 Å². The van der Waals surface area contributed by atoms with Gasteiger partial charge in [-0.25, -0.2) is 0 Å². The third-order valence-corrected chi connectivity index (χ3v) is 2.11. The predicted octanol–water partition coefficient (Wildman–Crippen LogP) is 0.787. The zero-order valence-electron chi connectivity index (χ0n) is 10.4. The van der Waals surface area contributed by atoms with Gasteiger partial charge in [-0.3, -0.25) is 9.59 Å². The molecule has 1 aliphatic heterocycles. The fraction of sp³-hybridized carbons (Fsp3) is 0.500. The molecule has 0 saturated heterocycles. The Morgan fingerprint density at radius 3 is 2.59 bits per heavy atom. The van der Waals surface area contributed by atoms with Crippen LogP contribution in [0.15, 0.2) is 24.4 Å². The molecule has 0 aromatic rings. The summed E-state index contributed by atoms with van der Waals surface area (Å²) in [7, 11) is 0. The van der Waals surface area contributed by atoms with Crippen molar-refractivity contribution in [2.75, 3.05) is 13.3 Å². The summed E-state index contributed by atoms with van der Waals surface area (Å²) >= 11 is 0. The van der Waals surface area contributed by atoms with Crippen LogP contribution in [0.4, 0.5) is 0 Å². The Labute approximate surface area is 101 Å². The largest absolute Gasteiger partial charge is 0.356 e. The molecule has 0 fully saturated rings. The minimum Gasteiger partial charge on any atom is -0.356 e. The fourth-order valence-electron chi connectivity index (χ4n) is 1.20. The van der Waals surface area contributed by atoms with Crippen molar-refractivity contribution in [3.63, 3.8) is 0 Å². The zero-order chi connectivity index (χ0) is 13.1. The topological polar surface area (TPSA) is 58.6 Å². The molecule has 0 spiro atoms. The van der Waals surface area contributed by atoms with E-state index in [1.165, 1.54) is 11.0 Å². The number of rotatable bonds is 4. The van der Waals surface area contributed by atoms with E-state index >= 15 is 0 Å². The van der Waals surface area contributed by atoms with E-state index < -0.39 is 0 Å². The van der Waals surface area contributed by atoms with E-state index in [1.54, 1.807) is 6.08 Å². The molecule has 5 nitrogen and oxygen atoms in total. The van der Waals surface area contributed by atoms with Gasteiger partial charge in [0, 0.05) is 11.8 Å². The molecule has 17 heavy (non-hydrogen) atoms. The smallest absolute Gasteiger partial charge is 0.251 e. The summed E-state index contributed by atoms with van der Waals surface area (Å²) in [5.41, 5.74) is 0.226. The summed E-state index contributed by atoms with van der Waals surface area (Å²) in [6, 6.07) is 0. The highest BCUT2D eigenvalue weighted by molar-refractivity contribution is 5.96. The Bertz CT molecular complexity index is 348. The predicted molar refractivity (Wildman–Crippen MR) is 63.8 cm³/mol. The average molecular weight is 238 g/mol. The fourth-order valence-corrected chi connectivity index (χ4v) is 1.20. The quantitative estimate of drug-likeness (QED) is 0.737. The summed E-state index contributed by atoms with van der Waals surface area (Å²) in [5, 5.41) is 2.58. The molecule has 5 heteroatoms. The van der Waals surface area contributed by atoms with Crippen LogP contribution in [0.3, 0.4) is 0 Å². The van der Waals surface area contributed by atoms with Gasteiger partial charge in [-0.15, -0.1) is 0 Å². The first-order chi connectivity index (χ1) is 7.79. The number of carbonyl (C=O) groups is 2. The van der Waals surface area contributed by atoms with E-state index in [0.29, 0.717) is 5.70 Å². The van der Waals surface area contributed by atoms with Crippen LogP contribution >= 0.6 is 0 Å². The lowest BCUT2D eigenvalue weighted by Crippen LogP contribution is -2.39. The molecular formula is C12H18N2O3. The monoisotopic (exact) mass is 238 g/mol. The van der Waals surface area contributed by atoms with Crippen molar-refractivity contribution in [3.8, 4) is 0 Å². The van der Waals surface area contributed by atoms with Gasteiger partial charge in [-0.2, -0.15) is 0 Å². The maximum Gasteiger partial charge on any atom is 0.251 e. The second-order valence-electron chi connectivity index (χ2n) is 4.75. The number of ether oxygens (including phenoxy) is 1. The molecule has 0 atom stereocenters. The van der Waals surface area contributed by atoms with Gasteiger partial charge >= 0.3 is 0 Å². The highest BCUT2D eigenvalue weighted by Crippen LogP contribution is 2.11. The van der Waals surface area contributed by atoms with E-state index in [1.807, 2.05) is 20.8 Å². The molecule has 1 heterocycles. The Morgan fingerprint density at radius 2 is 2.12 bits per heavy atom. The van der Waals surface area contributed by atoms with Crippen LogP contribution in [0, 0.1) is 0 Å². The minimum absolute atomic E-state index is 0.0296. The van der Waals surface area contributed by atoms with Crippen LogP contribution in [0.2, 0.25) is 0 Å². The van der Waals surface area contributed by atoms with Crippen molar-refractivity contribution in [2.24, 2.45) is 0 Å². The molecule has 0 aromatic carbocycles. The van der Waals surface area contributed by atoms with Crippen molar-refractivity contribution >= 4 is 11.8 Å². The Morgan fingerprint density at radius 1 is 1.47 bits per heavy atom. The van der Waals surface area contributed by atoms with E-state index in [4.69, 9.17) is 4.74 Å². The van der Waals surface area contributed by atoms with Gasteiger partial charge in [0.15, 0.2) is 0 Å². The first-order valence-electron chi connectivity index (χ1n) is 5.39. The van der Waals surface area contributed by atoms with Gasteiger partial charge in [0.05, 0.1) is 5.60 Å². The van der Waals surface area contributed by atoms with Crippen molar-refractivity contribution in [1.82, 2.24) is 10.2 Å². The van der Waals surface area contributed by atoms with Crippen LogP contribution in [-0.4, -0.2) is 35.6 Å². The third kappa shape index (κ3) is 4.40. The summed E-state index contributed by atoms with van der Waals surface area (Å²) in [4.78, 5) is 24.2. The molecule has 0 unspecified atom stereocenters. The number of carbonyl (C=O) groups excluding carboxylic acids is 2. The lowest BCUT2D eigenvalue weighted by molar-refractivity contribution is -0.131. The molecule has 0 bridgehead atoms. The van der Waals surface area contributed by atoms with Crippen LogP contribution in [-0.2, 0) is 14.3 Å². The molecule has 0 radical (unpaired) electrons. The van der Waals surface area contributed by atoms with Gasteiger partial charge in [-0.1, -0.05) is 6.58 Å². The molecule has 1 N–H and O–H groups in total. The van der Waals surface area contributed by atoms with Gasteiger partial charge in [0.2, 0.25) is 5.91 Å². The lowest BCUT2D eigenvalue weighted by atomic mass is 10.2. The first-order valence-corrected chi connectivity index (χ1v) is 5.39. The number of nitrogens with one attached hydrogen (secondary N) is 1. The van der Waals surface area contributed by atoms with Crippen LogP contribution in [0.5, 0.6) is 0 Å². The average Bonchev–Trinajstić information content (AvgIpc) is 2.47. The van der Waals surface area contributed by atoms with E-state index in [9.17, 15) is 9.59 Å². The van der Waals surface area contributed by atoms with E-state index in [2.05, 4.69) is 11.9 Å². The molecule has 1 rings (SSSR count). The maximum atomic E-state index is 11.5. The molecule has 1 aliphatic rings. The first kappa shape index (κ1) is 13.4. The normalized spacial score (nSPS) is 15.6. The van der Waals surface area contributed by atoms with Crippen molar-refractivity contribution in [3.05, 3.63) is 24.4 Å². The Kier molecular flexibility index (Phi) is 4.07. The molecular weight excluding hydrogens is 220 g/mol. The zero-order valence-corrected chi connectivity index (χ0v) is 10.4. The van der Waals surface area contributed by atoms with E-state index in [-0.39, 0.29) is 30.7 Å². The summed E-state index contributed by atoms with van der Waals surface area (Å²) < 4.78 is 5.34. The third-order valence-electron chi connectivity index (χ3n) is 2.11. The summed E-state index contributed by atoms with van der Waals surface area (Å²) in [6.45, 7) is 9.46. The minimum atomic E-state index is -0.304. The molecule has 0 aliphatic carbocycles. The number of allylic oxidation sites excluding steroid dienone is 1. The maximum absolute atomic E-state index is 11.5. The second-order valence-corrected chi connectivity index (χ2v) is 4.75. The molecule has 94 valence electrons. The SMILES string of the molecule is C=C1C=CC(=O)N1CC(=O)NCOC(C)(C)C. The van der Waals surface area contributed by atoms with Crippen LogP contribution < -0.4 is 5.32 Å². The Hall–Kier alpha value is -1.62. The summed E-state index contributed by atoms with van der Waals surface area (Å²) in [6.07, 6.45) is 2.97. The second kappa shape index (κ2) is 5.14. The molecule has 0 aromatic heterocycles. The Balaban J connectivity index is 2.31. The van der Waals surface area contributed by atoms with Crippen LogP contribution in [0.25, 0.3) is 0 Å². The van der Waals surface area contributed by atoms with Crippen molar-refractivity contribution in [1.29, 1.82) is 0 Å². The lowest BCUT2D eigenvalue weighted by Gasteiger charge is -2.21. The number of nitrogens with zero attached hydrogens (tertiary/aromatic N) is 1.